The minimum absolute atomic E-state index is 0.479. The molecule has 0 aliphatic rings. The van der Waals surface area contributed by atoms with E-state index in [1.54, 1.807) is 6.20 Å². The Morgan fingerprint density at radius 1 is 0.913 bits per heavy atom. The molecule has 1 heterocycles. The Bertz CT molecular complexity index is 741. The van der Waals surface area contributed by atoms with E-state index in [2.05, 4.69) is 57.0 Å². The topological polar surface area (TPSA) is 62.7 Å². The third-order valence-electron chi connectivity index (χ3n) is 3.49. The van der Waals surface area contributed by atoms with Crippen LogP contribution in [0, 0.1) is 0 Å². The number of nitrogens with one attached hydrogen (secondary N) is 2. The first-order valence-corrected chi connectivity index (χ1v) is 7.67. The van der Waals surface area contributed by atoms with E-state index in [1.807, 2.05) is 30.3 Å². The standard InChI is InChI=1S/C18H19N5/c1-2-14-8-10-16(11-9-14)21-18-22-17(13-20-23-18)19-12-15-6-4-3-5-7-15/h3-11,13H,2,12H2,1H3,(H2,19,21,22,23). The van der Waals surface area contributed by atoms with Gasteiger partial charge in [-0.15, -0.1) is 5.10 Å². The Kier molecular flexibility index (Phi) is 4.79. The van der Waals surface area contributed by atoms with Gasteiger partial charge in [0.25, 0.3) is 0 Å². The maximum atomic E-state index is 4.43. The Morgan fingerprint density at radius 3 is 2.43 bits per heavy atom. The molecule has 3 aromatic rings. The predicted molar refractivity (Wildman–Crippen MR) is 92.7 cm³/mol. The van der Waals surface area contributed by atoms with Gasteiger partial charge in [0, 0.05) is 12.2 Å². The second-order valence-electron chi connectivity index (χ2n) is 5.18. The monoisotopic (exact) mass is 305 g/mol. The normalized spacial score (nSPS) is 10.3. The second kappa shape index (κ2) is 7.35. The molecule has 2 N–H and O–H groups in total. The highest BCUT2D eigenvalue weighted by molar-refractivity contribution is 5.54. The van der Waals surface area contributed by atoms with Crippen LogP contribution in [-0.2, 0) is 13.0 Å². The third-order valence-corrected chi connectivity index (χ3v) is 3.49. The van der Waals surface area contributed by atoms with Crippen molar-refractivity contribution in [1.29, 1.82) is 0 Å². The Hall–Kier alpha value is -2.95. The summed E-state index contributed by atoms with van der Waals surface area (Å²) in [6.45, 7) is 2.83. The quantitative estimate of drug-likeness (QED) is 0.725. The fourth-order valence-electron chi connectivity index (χ4n) is 2.18. The van der Waals surface area contributed by atoms with Crippen LogP contribution in [0.25, 0.3) is 0 Å². The molecule has 0 bridgehead atoms. The van der Waals surface area contributed by atoms with E-state index in [-0.39, 0.29) is 0 Å². The SMILES string of the molecule is CCc1ccc(Nc2nncc(NCc3ccccc3)n2)cc1. The van der Waals surface area contributed by atoms with Gasteiger partial charge >= 0.3 is 0 Å². The highest BCUT2D eigenvalue weighted by Gasteiger charge is 2.02. The van der Waals surface area contributed by atoms with Gasteiger partial charge in [-0.1, -0.05) is 49.4 Å². The van der Waals surface area contributed by atoms with Gasteiger partial charge in [-0.25, -0.2) is 0 Å². The molecular formula is C18H19N5. The maximum Gasteiger partial charge on any atom is 0.249 e. The lowest BCUT2D eigenvalue weighted by Crippen LogP contribution is -2.05. The van der Waals surface area contributed by atoms with Crippen molar-refractivity contribution in [3.05, 3.63) is 71.9 Å². The first-order chi connectivity index (χ1) is 11.3. The number of benzene rings is 2. The molecule has 0 aliphatic heterocycles. The summed E-state index contributed by atoms with van der Waals surface area (Å²) in [5.41, 5.74) is 3.44. The number of hydrogen-bond acceptors (Lipinski definition) is 5. The van der Waals surface area contributed by atoms with Crippen molar-refractivity contribution < 1.29 is 0 Å². The fraction of sp³-hybridized carbons (Fsp3) is 0.167. The molecular weight excluding hydrogens is 286 g/mol. The van der Waals surface area contributed by atoms with Crippen LogP contribution in [0.5, 0.6) is 0 Å². The molecule has 5 nitrogen and oxygen atoms in total. The molecule has 116 valence electrons. The summed E-state index contributed by atoms with van der Waals surface area (Å²) < 4.78 is 0. The van der Waals surface area contributed by atoms with Gasteiger partial charge in [-0.3, -0.25) is 0 Å². The van der Waals surface area contributed by atoms with E-state index in [1.165, 1.54) is 11.1 Å². The van der Waals surface area contributed by atoms with Crippen molar-refractivity contribution in [3.63, 3.8) is 0 Å². The molecule has 0 saturated heterocycles. The zero-order chi connectivity index (χ0) is 15.9. The van der Waals surface area contributed by atoms with E-state index >= 15 is 0 Å². The molecule has 2 aromatic carbocycles. The van der Waals surface area contributed by atoms with Crippen LogP contribution in [0.15, 0.2) is 60.8 Å². The lowest BCUT2D eigenvalue weighted by atomic mass is 10.1. The van der Waals surface area contributed by atoms with Crippen LogP contribution in [0.4, 0.5) is 17.5 Å². The first kappa shape index (κ1) is 15.0. The van der Waals surface area contributed by atoms with E-state index in [0.29, 0.717) is 18.3 Å². The minimum Gasteiger partial charge on any atom is -0.365 e. The first-order valence-electron chi connectivity index (χ1n) is 7.67. The fourth-order valence-corrected chi connectivity index (χ4v) is 2.18. The predicted octanol–water partition coefficient (Wildman–Crippen LogP) is 3.79. The summed E-state index contributed by atoms with van der Waals surface area (Å²) in [4.78, 5) is 4.43. The summed E-state index contributed by atoms with van der Waals surface area (Å²) in [5.74, 6) is 1.17. The summed E-state index contributed by atoms with van der Waals surface area (Å²) >= 11 is 0. The molecule has 0 atom stereocenters. The van der Waals surface area contributed by atoms with Gasteiger partial charge in [0.05, 0.1) is 6.20 Å². The summed E-state index contributed by atoms with van der Waals surface area (Å²) in [6.07, 6.45) is 2.64. The van der Waals surface area contributed by atoms with Gasteiger partial charge in [-0.2, -0.15) is 10.1 Å². The zero-order valence-corrected chi connectivity index (χ0v) is 13.0. The lowest BCUT2D eigenvalue weighted by Gasteiger charge is -2.08. The van der Waals surface area contributed by atoms with E-state index in [0.717, 1.165) is 12.1 Å². The van der Waals surface area contributed by atoms with Crippen molar-refractivity contribution in [1.82, 2.24) is 15.2 Å². The number of nitrogens with zero attached hydrogens (tertiary/aromatic N) is 3. The lowest BCUT2D eigenvalue weighted by molar-refractivity contribution is 0.966. The molecule has 0 aliphatic carbocycles. The van der Waals surface area contributed by atoms with Crippen LogP contribution >= 0.6 is 0 Å². The molecule has 0 saturated carbocycles. The molecule has 0 fully saturated rings. The van der Waals surface area contributed by atoms with Gasteiger partial charge in [0.15, 0.2) is 5.82 Å². The second-order valence-corrected chi connectivity index (χ2v) is 5.18. The minimum atomic E-state index is 0.479. The summed E-state index contributed by atoms with van der Waals surface area (Å²) in [5, 5.41) is 14.4. The number of aryl methyl sites for hydroxylation is 1. The third kappa shape index (κ3) is 4.26. The Labute approximate surface area is 135 Å². The molecule has 3 rings (SSSR count). The molecule has 0 radical (unpaired) electrons. The van der Waals surface area contributed by atoms with Gasteiger partial charge in [0.2, 0.25) is 5.95 Å². The average molecular weight is 305 g/mol. The summed E-state index contributed by atoms with van der Waals surface area (Å²) in [7, 11) is 0. The average Bonchev–Trinajstić information content (AvgIpc) is 2.62. The zero-order valence-electron chi connectivity index (χ0n) is 13.0. The number of rotatable bonds is 6. The molecule has 0 spiro atoms. The van der Waals surface area contributed by atoms with E-state index in [9.17, 15) is 0 Å². The Morgan fingerprint density at radius 2 is 1.70 bits per heavy atom. The Balaban J connectivity index is 1.64. The van der Waals surface area contributed by atoms with Crippen LogP contribution in [-0.4, -0.2) is 15.2 Å². The van der Waals surface area contributed by atoms with Crippen LogP contribution in [0.1, 0.15) is 18.1 Å². The molecule has 0 unspecified atom stereocenters. The van der Waals surface area contributed by atoms with E-state index < -0.39 is 0 Å². The van der Waals surface area contributed by atoms with Crippen LogP contribution in [0.3, 0.4) is 0 Å². The van der Waals surface area contributed by atoms with Gasteiger partial charge in [-0.05, 0) is 29.7 Å². The number of hydrogen-bond donors (Lipinski definition) is 2. The van der Waals surface area contributed by atoms with Crippen molar-refractivity contribution in [2.24, 2.45) is 0 Å². The van der Waals surface area contributed by atoms with Crippen LogP contribution < -0.4 is 10.6 Å². The number of anilines is 3. The largest absolute Gasteiger partial charge is 0.365 e. The van der Waals surface area contributed by atoms with Crippen molar-refractivity contribution in [2.45, 2.75) is 19.9 Å². The van der Waals surface area contributed by atoms with E-state index in [4.69, 9.17) is 0 Å². The maximum absolute atomic E-state index is 4.43. The van der Waals surface area contributed by atoms with Crippen molar-refractivity contribution in [2.75, 3.05) is 10.6 Å². The highest BCUT2D eigenvalue weighted by Crippen LogP contribution is 2.15. The van der Waals surface area contributed by atoms with Crippen LogP contribution in [0.2, 0.25) is 0 Å². The van der Waals surface area contributed by atoms with Gasteiger partial charge in [0.1, 0.15) is 0 Å². The molecule has 23 heavy (non-hydrogen) atoms. The highest BCUT2D eigenvalue weighted by atomic mass is 15.3. The molecule has 5 heteroatoms. The van der Waals surface area contributed by atoms with Gasteiger partial charge < -0.3 is 10.6 Å². The number of aromatic nitrogens is 3. The van der Waals surface area contributed by atoms with Crippen molar-refractivity contribution >= 4 is 17.5 Å². The van der Waals surface area contributed by atoms with Crippen molar-refractivity contribution in [3.8, 4) is 0 Å². The summed E-state index contributed by atoms with van der Waals surface area (Å²) in [6, 6.07) is 18.4. The molecule has 0 amide bonds. The smallest absolute Gasteiger partial charge is 0.249 e. The molecule has 1 aromatic heterocycles.